The molecule has 0 radical (unpaired) electrons. The van der Waals surface area contributed by atoms with E-state index in [9.17, 15) is 14.4 Å². The number of hydrogen-bond acceptors (Lipinski definition) is 6. The molecule has 8 heteroatoms. The number of nitrogens with one attached hydrogen (secondary N) is 2. The molecule has 1 aliphatic rings. The van der Waals surface area contributed by atoms with Crippen molar-refractivity contribution in [2.75, 3.05) is 20.3 Å². The van der Waals surface area contributed by atoms with E-state index >= 15 is 0 Å². The topological polar surface area (TPSA) is 103 Å². The smallest absolute Gasteiger partial charge is 0.338 e. The van der Waals surface area contributed by atoms with Gasteiger partial charge in [0.15, 0.2) is 18.1 Å². The van der Waals surface area contributed by atoms with Gasteiger partial charge in [0.2, 0.25) is 0 Å². The Labute approximate surface area is 139 Å². The minimum Gasteiger partial charge on any atom is -0.493 e. The maximum atomic E-state index is 12.0. The van der Waals surface area contributed by atoms with Gasteiger partial charge in [-0.05, 0) is 38.0 Å². The summed E-state index contributed by atoms with van der Waals surface area (Å²) >= 11 is 0. The van der Waals surface area contributed by atoms with Gasteiger partial charge < -0.3 is 19.5 Å². The van der Waals surface area contributed by atoms with Crippen LogP contribution in [0.2, 0.25) is 0 Å². The number of urea groups is 1. The van der Waals surface area contributed by atoms with Crippen molar-refractivity contribution in [3.63, 3.8) is 0 Å². The maximum absolute atomic E-state index is 12.0. The summed E-state index contributed by atoms with van der Waals surface area (Å²) in [5, 5.41) is 4.69. The molecule has 130 valence electrons. The van der Waals surface area contributed by atoms with Crippen molar-refractivity contribution in [3.05, 3.63) is 23.8 Å². The highest BCUT2D eigenvalue weighted by Crippen LogP contribution is 2.28. The molecule has 1 fully saturated rings. The second-order valence-electron chi connectivity index (χ2n) is 5.17. The summed E-state index contributed by atoms with van der Waals surface area (Å²) < 4.78 is 15.4. The molecule has 0 unspecified atom stereocenters. The van der Waals surface area contributed by atoms with Crippen LogP contribution in [0.25, 0.3) is 0 Å². The zero-order chi connectivity index (χ0) is 17.5. The molecule has 0 aliphatic heterocycles. The van der Waals surface area contributed by atoms with E-state index in [0.29, 0.717) is 18.1 Å². The zero-order valence-electron chi connectivity index (χ0n) is 13.6. The Hall–Kier alpha value is -2.77. The van der Waals surface area contributed by atoms with E-state index in [2.05, 4.69) is 10.6 Å². The van der Waals surface area contributed by atoms with Crippen LogP contribution in [0, 0.1) is 0 Å². The third-order valence-electron chi connectivity index (χ3n) is 3.20. The lowest BCUT2D eigenvalue weighted by atomic mass is 10.2. The summed E-state index contributed by atoms with van der Waals surface area (Å²) in [5.74, 6) is -0.498. The van der Waals surface area contributed by atoms with E-state index in [1.54, 1.807) is 6.07 Å². The number of ether oxygens (including phenoxy) is 3. The number of methoxy groups -OCH3 is 1. The van der Waals surface area contributed by atoms with Crippen LogP contribution in [0.1, 0.15) is 30.1 Å². The van der Waals surface area contributed by atoms with E-state index in [1.807, 2.05) is 6.92 Å². The van der Waals surface area contributed by atoms with Crippen molar-refractivity contribution in [1.82, 2.24) is 10.6 Å². The largest absolute Gasteiger partial charge is 0.493 e. The lowest BCUT2D eigenvalue weighted by molar-refractivity contribution is -0.123. The van der Waals surface area contributed by atoms with Gasteiger partial charge in [-0.3, -0.25) is 10.1 Å². The van der Waals surface area contributed by atoms with Crippen LogP contribution >= 0.6 is 0 Å². The number of amides is 3. The predicted octanol–water partition coefficient (Wildman–Crippen LogP) is 1.24. The van der Waals surface area contributed by atoms with Crippen LogP contribution in [0.4, 0.5) is 4.79 Å². The number of esters is 1. The highest BCUT2D eigenvalue weighted by Gasteiger charge is 2.24. The first-order valence-electron chi connectivity index (χ1n) is 7.61. The normalized spacial score (nSPS) is 12.9. The molecule has 3 amide bonds. The predicted molar refractivity (Wildman–Crippen MR) is 84.1 cm³/mol. The van der Waals surface area contributed by atoms with Crippen LogP contribution in [-0.2, 0) is 9.53 Å². The third kappa shape index (κ3) is 5.15. The van der Waals surface area contributed by atoms with Crippen LogP contribution in [0.15, 0.2) is 18.2 Å². The molecule has 0 bridgehead atoms. The van der Waals surface area contributed by atoms with Gasteiger partial charge in [-0.15, -0.1) is 0 Å². The molecule has 8 nitrogen and oxygen atoms in total. The van der Waals surface area contributed by atoms with Crippen LogP contribution in [0.3, 0.4) is 0 Å². The molecule has 24 heavy (non-hydrogen) atoms. The number of carbonyl (C=O) groups is 3. The summed E-state index contributed by atoms with van der Waals surface area (Å²) in [6.07, 6.45) is 1.83. The van der Waals surface area contributed by atoms with Gasteiger partial charge in [-0.2, -0.15) is 0 Å². The lowest BCUT2D eigenvalue weighted by Gasteiger charge is -2.11. The SMILES string of the molecule is CCOc1cc(C(=O)OCC(=O)NC(=O)NC2CC2)ccc1OC. The number of hydrogen-bond donors (Lipinski definition) is 2. The van der Waals surface area contributed by atoms with Crippen LogP contribution in [0.5, 0.6) is 11.5 Å². The van der Waals surface area contributed by atoms with E-state index in [4.69, 9.17) is 14.2 Å². The molecular formula is C16H20N2O6. The molecule has 0 atom stereocenters. The summed E-state index contributed by atoms with van der Waals surface area (Å²) in [6, 6.07) is 4.10. The van der Waals surface area contributed by atoms with Gasteiger partial charge in [-0.25, -0.2) is 9.59 Å². The average Bonchev–Trinajstić information content (AvgIpc) is 3.36. The van der Waals surface area contributed by atoms with Crippen LogP contribution < -0.4 is 20.1 Å². The first-order chi connectivity index (χ1) is 11.5. The zero-order valence-corrected chi connectivity index (χ0v) is 13.6. The molecular weight excluding hydrogens is 316 g/mol. The van der Waals surface area contributed by atoms with E-state index < -0.39 is 24.5 Å². The number of carbonyl (C=O) groups excluding carboxylic acids is 3. The molecule has 1 aromatic rings. The first kappa shape index (κ1) is 17.6. The Balaban J connectivity index is 1.85. The maximum Gasteiger partial charge on any atom is 0.338 e. The molecule has 0 spiro atoms. The third-order valence-corrected chi connectivity index (χ3v) is 3.20. The summed E-state index contributed by atoms with van der Waals surface area (Å²) in [5.41, 5.74) is 0.217. The second kappa shape index (κ2) is 8.19. The fraction of sp³-hybridized carbons (Fsp3) is 0.438. The van der Waals surface area contributed by atoms with E-state index in [0.717, 1.165) is 12.8 Å². The van der Waals surface area contributed by atoms with E-state index in [-0.39, 0.29) is 11.6 Å². The first-order valence-corrected chi connectivity index (χ1v) is 7.61. The van der Waals surface area contributed by atoms with Gasteiger partial charge in [0.1, 0.15) is 0 Å². The van der Waals surface area contributed by atoms with Crippen molar-refractivity contribution in [2.45, 2.75) is 25.8 Å². The van der Waals surface area contributed by atoms with Gasteiger partial charge in [0.05, 0.1) is 19.3 Å². The monoisotopic (exact) mass is 336 g/mol. The molecule has 0 saturated heterocycles. The number of imide groups is 1. The summed E-state index contributed by atoms with van der Waals surface area (Å²) in [4.78, 5) is 34.9. The summed E-state index contributed by atoms with van der Waals surface area (Å²) in [7, 11) is 1.49. The van der Waals surface area contributed by atoms with Gasteiger partial charge >= 0.3 is 12.0 Å². The quantitative estimate of drug-likeness (QED) is 0.726. The van der Waals surface area contributed by atoms with Crippen molar-refractivity contribution in [2.24, 2.45) is 0 Å². The van der Waals surface area contributed by atoms with Crippen molar-refractivity contribution < 1.29 is 28.6 Å². The Morgan fingerprint density at radius 2 is 1.96 bits per heavy atom. The average molecular weight is 336 g/mol. The molecule has 1 aromatic carbocycles. The second-order valence-corrected chi connectivity index (χ2v) is 5.17. The molecule has 2 N–H and O–H groups in total. The minimum atomic E-state index is -0.698. The molecule has 0 heterocycles. The molecule has 0 aromatic heterocycles. The lowest BCUT2D eigenvalue weighted by Crippen LogP contribution is -2.42. The highest BCUT2D eigenvalue weighted by molar-refractivity contribution is 5.97. The number of rotatable bonds is 7. The van der Waals surface area contributed by atoms with Crippen molar-refractivity contribution in [1.29, 1.82) is 0 Å². The Morgan fingerprint density at radius 3 is 2.58 bits per heavy atom. The standard InChI is InChI=1S/C16H20N2O6/c1-3-23-13-8-10(4-7-12(13)22-2)15(20)24-9-14(19)18-16(21)17-11-5-6-11/h4,7-8,11H,3,5-6,9H2,1-2H3,(H2,17,18,19,21). The van der Waals surface area contributed by atoms with E-state index in [1.165, 1.54) is 19.2 Å². The van der Waals surface area contributed by atoms with Crippen LogP contribution in [-0.4, -0.2) is 44.3 Å². The fourth-order valence-corrected chi connectivity index (χ4v) is 1.90. The van der Waals surface area contributed by atoms with Gasteiger partial charge in [0, 0.05) is 6.04 Å². The summed E-state index contributed by atoms with van der Waals surface area (Å²) in [6.45, 7) is 1.67. The molecule has 2 rings (SSSR count). The number of benzene rings is 1. The van der Waals surface area contributed by atoms with Gasteiger partial charge in [0.25, 0.3) is 5.91 Å². The van der Waals surface area contributed by atoms with Crippen molar-refractivity contribution >= 4 is 17.9 Å². The van der Waals surface area contributed by atoms with Crippen molar-refractivity contribution in [3.8, 4) is 11.5 Å². The Kier molecular flexibility index (Phi) is 6.00. The molecule has 1 aliphatic carbocycles. The molecule has 1 saturated carbocycles. The fourth-order valence-electron chi connectivity index (χ4n) is 1.90. The minimum absolute atomic E-state index is 0.136. The Morgan fingerprint density at radius 1 is 1.21 bits per heavy atom. The van der Waals surface area contributed by atoms with Gasteiger partial charge in [-0.1, -0.05) is 0 Å². The Bertz CT molecular complexity index is 627. The highest BCUT2D eigenvalue weighted by atomic mass is 16.5.